The lowest BCUT2D eigenvalue weighted by Gasteiger charge is -2.35. The molecule has 0 bridgehead atoms. The van der Waals surface area contributed by atoms with E-state index in [1.807, 2.05) is 12.1 Å². The summed E-state index contributed by atoms with van der Waals surface area (Å²) >= 11 is 3.42. The minimum Gasteiger partial charge on any atom is -0.354 e. The van der Waals surface area contributed by atoms with Crippen LogP contribution in [0.3, 0.4) is 0 Å². The first kappa shape index (κ1) is 15.9. The molecule has 0 unspecified atom stereocenters. The lowest BCUT2D eigenvalue weighted by molar-refractivity contribution is 0.249. The first-order valence-electron chi connectivity index (χ1n) is 7.43. The van der Waals surface area contributed by atoms with E-state index in [4.69, 9.17) is 5.26 Å². The maximum Gasteiger partial charge on any atom is 0.129 e. The van der Waals surface area contributed by atoms with Gasteiger partial charge in [0.25, 0.3) is 0 Å². The Balaban J connectivity index is 1.61. The Morgan fingerprint density at radius 2 is 1.96 bits per heavy atom. The number of piperazine rings is 1. The van der Waals surface area contributed by atoms with Gasteiger partial charge in [-0.2, -0.15) is 5.26 Å². The molecule has 0 atom stereocenters. The second kappa shape index (κ2) is 7.07. The van der Waals surface area contributed by atoms with E-state index >= 15 is 0 Å². The topological polar surface area (TPSA) is 43.2 Å². The Morgan fingerprint density at radius 1 is 1.17 bits per heavy atom. The fourth-order valence-corrected chi connectivity index (χ4v) is 3.16. The molecule has 0 aliphatic carbocycles. The average Bonchev–Trinajstić information content (AvgIpc) is 2.58. The van der Waals surface area contributed by atoms with Gasteiger partial charge in [0.2, 0.25) is 0 Å². The van der Waals surface area contributed by atoms with Crippen LogP contribution in [0.15, 0.2) is 41.0 Å². The minimum absolute atomic E-state index is 0.228. The van der Waals surface area contributed by atoms with Crippen molar-refractivity contribution in [1.29, 1.82) is 5.26 Å². The van der Waals surface area contributed by atoms with Crippen LogP contribution in [0.5, 0.6) is 0 Å². The van der Waals surface area contributed by atoms with Gasteiger partial charge in [-0.3, -0.25) is 4.90 Å². The zero-order valence-corrected chi connectivity index (χ0v) is 14.1. The molecule has 1 aliphatic heterocycles. The smallest absolute Gasteiger partial charge is 0.129 e. The van der Waals surface area contributed by atoms with Crippen LogP contribution < -0.4 is 4.90 Å². The molecule has 0 amide bonds. The fourth-order valence-electron chi connectivity index (χ4n) is 2.69. The highest BCUT2D eigenvalue weighted by Gasteiger charge is 2.19. The molecule has 0 spiro atoms. The van der Waals surface area contributed by atoms with Gasteiger partial charge in [0.15, 0.2) is 0 Å². The number of hydrogen-bond acceptors (Lipinski definition) is 4. The van der Waals surface area contributed by atoms with Crippen molar-refractivity contribution in [3.8, 4) is 6.07 Å². The summed E-state index contributed by atoms with van der Waals surface area (Å²) in [6.45, 7) is 4.33. The van der Waals surface area contributed by atoms with Crippen LogP contribution in [0, 0.1) is 17.1 Å². The SMILES string of the molecule is N#Cc1ccnc(N2CCN(Cc3ccc(F)cc3Br)CC2)c1. The maximum absolute atomic E-state index is 13.1. The van der Waals surface area contributed by atoms with Gasteiger partial charge in [-0.25, -0.2) is 9.37 Å². The summed E-state index contributed by atoms with van der Waals surface area (Å²) < 4.78 is 14.0. The van der Waals surface area contributed by atoms with E-state index in [0.29, 0.717) is 5.56 Å². The second-order valence-corrected chi connectivity index (χ2v) is 6.37. The Labute approximate surface area is 143 Å². The zero-order valence-electron chi connectivity index (χ0n) is 12.5. The summed E-state index contributed by atoms with van der Waals surface area (Å²) in [5.41, 5.74) is 1.72. The third-order valence-corrected chi connectivity index (χ3v) is 4.72. The van der Waals surface area contributed by atoms with Crippen molar-refractivity contribution in [2.45, 2.75) is 6.54 Å². The molecule has 4 nitrogen and oxygen atoms in total. The number of nitrogens with zero attached hydrogens (tertiary/aromatic N) is 4. The third kappa shape index (κ3) is 3.87. The van der Waals surface area contributed by atoms with E-state index in [0.717, 1.165) is 48.6 Å². The van der Waals surface area contributed by atoms with Gasteiger partial charge < -0.3 is 4.90 Å². The number of benzene rings is 1. The zero-order chi connectivity index (χ0) is 16.2. The maximum atomic E-state index is 13.1. The molecule has 0 N–H and O–H groups in total. The fraction of sp³-hybridized carbons (Fsp3) is 0.294. The van der Waals surface area contributed by atoms with E-state index in [9.17, 15) is 4.39 Å². The summed E-state index contributed by atoms with van der Waals surface area (Å²) in [6, 6.07) is 10.5. The normalized spacial score (nSPS) is 15.4. The first-order chi connectivity index (χ1) is 11.2. The highest BCUT2D eigenvalue weighted by Crippen LogP contribution is 2.21. The van der Waals surface area contributed by atoms with Crippen molar-refractivity contribution in [2.24, 2.45) is 0 Å². The van der Waals surface area contributed by atoms with Crippen LogP contribution in [0.2, 0.25) is 0 Å². The Morgan fingerprint density at radius 3 is 2.65 bits per heavy atom. The highest BCUT2D eigenvalue weighted by atomic mass is 79.9. The molecular weight excluding hydrogens is 359 g/mol. The third-order valence-electron chi connectivity index (χ3n) is 3.98. The number of nitriles is 1. The molecule has 0 radical (unpaired) electrons. The van der Waals surface area contributed by atoms with E-state index in [2.05, 4.69) is 36.8 Å². The Bertz CT molecular complexity index is 736. The monoisotopic (exact) mass is 374 g/mol. The van der Waals surface area contributed by atoms with Crippen LogP contribution in [-0.4, -0.2) is 36.1 Å². The molecule has 1 aliphatic rings. The van der Waals surface area contributed by atoms with Gasteiger partial charge in [0.1, 0.15) is 11.6 Å². The number of rotatable bonds is 3. The lowest BCUT2D eigenvalue weighted by atomic mass is 10.2. The van der Waals surface area contributed by atoms with Gasteiger partial charge in [-0.15, -0.1) is 0 Å². The molecule has 3 rings (SSSR count). The molecule has 1 fully saturated rings. The van der Waals surface area contributed by atoms with E-state index in [1.165, 1.54) is 12.1 Å². The molecule has 1 aromatic carbocycles. The van der Waals surface area contributed by atoms with Gasteiger partial charge in [-0.05, 0) is 29.8 Å². The van der Waals surface area contributed by atoms with Gasteiger partial charge in [-0.1, -0.05) is 22.0 Å². The molecule has 2 heterocycles. The standard InChI is InChI=1S/C17H16BrFN4/c18-16-10-15(19)2-1-14(16)12-22-5-7-23(8-6-22)17-9-13(11-20)3-4-21-17/h1-4,9-10H,5-8,12H2. The van der Waals surface area contributed by atoms with Crippen molar-refractivity contribution >= 4 is 21.7 Å². The van der Waals surface area contributed by atoms with E-state index in [-0.39, 0.29) is 5.82 Å². The number of halogens is 2. The Kier molecular flexibility index (Phi) is 4.89. The van der Waals surface area contributed by atoms with Crippen molar-refractivity contribution in [3.63, 3.8) is 0 Å². The molecular formula is C17H16BrFN4. The molecule has 118 valence electrons. The predicted molar refractivity (Wildman–Crippen MR) is 90.5 cm³/mol. The number of hydrogen-bond donors (Lipinski definition) is 0. The number of pyridine rings is 1. The number of aromatic nitrogens is 1. The average molecular weight is 375 g/mol. The predicted octanol–water partition coefficient (Wildman–Crippen LogP) is 3.18. The van der Waals surface area contributed by atoms with Crippen molar-refractivity contribution < 1.29 is 4.39 Å². The van der Waals surface area contributed by atoms with E-state index in [1.54, 1.807) is 12.3 Å². The van der Waals surface area contributed by atoms with E-state index < -0.39 is 0 Å². The molecule has 6 heteroatoms. The van der Waals surface area contributed by atoms with Gasteiger partial charge >= 0.3 is 0 Å². The first-order valence-corrected chi connectivity index (χ1v) is 8.22. The van der Waals surface area contributed by atoms with Gasteiger partial charge in [0.05, 0.1) is 11.6 Å². The summed E-state index contributed by atoms with van der Waals surface area (Å²) in [6.07, 6.45) is 1.68. The molecule has 1 saturated heterocycles. The van der Waals surface area contributed by atoms with Crippen LogP contribution in [0.4, 0.5) is 10.2 Å². The van der Waals surface area contributed by atoms with Crippen molar-refractivity contribution in [1.82, 2.24) is 9.88 Å². The molecule has 23 heavy (non-hydrogen) atoms. The Hall–Kier alpha value is -1.97. The van der Waals surface area contributed by atoms with Crippen molar-refractivity contribution in [2.75, 3.05) is 31.1 Å². The largest absolute Gasteiger partial charge is 0.354 e. The summed E-state index contributed by atoms with van der Waals surface area (Å²) in [4.78, 5) is 8.88. The minimum atomic E-state index is -0.228. The van der Waals surface area contributed by atoms with Crippen LogP contribution in [0.1, 0.15) is 11.1 Å². The van der Waals surface area contributed by atoms with Crippen LogP contribution in [-0.2, 0) is 6.54 Å². The second-order valence-electron chi connectivity index (χ2n) is 5.51. The summed E-state index contributed by atoms with van der Waals surface area (Å²) in [5.74, 6) is 0.626. The lowest BCUT2D eigenvalue weighted by Crippen LogP contribution is -2.46. The van der Waals surface area contributed by atoms with Crippen molar-refractivity contribution in [3.05, 3.63) is 57.9 Å². The van der Waals surface area contributed by atoms with Crippen LogP contribution >= 0.6 is 15.9 Å². The highest BCUT2D eigenvalue weighted by molar-refractivity contribution is 9.10. The van der Waals surface area contributed by atoms with Gasteiger partial charge in [0, 0.05) is 43.4 Å². The molecule has 0 saturated carbocycles. The number of anilines is 1. The quantitative estimate of drug-likeness (QED) is 0.827. The molecule has 1 aromatic heterocycles. The summed E-state index contributed by atoms with van der Waals surface area (Å²) in [5, 5.41) is 8.98. The van der Waals surface area contributed by atoms with Crippen LogP contribution in [0.25, 0.3) is 0 Å². The molecule has 2 aromatic rings. The summed E-state index contributed by atoms with van der Waals surface area (Å²) in [7, 11) is 0.